The van der Waals surface area contributed by atoms with Gasteiger partial charge in [0.05, 0.1) is 31.5 Å². The van der Waals surface area contributed by atoms with Gasteiger partial charge in [-0.2, -0.15) is 0 Å². The second-order valence-corrected chi connectivity index (χ2v) is 11.7. The zero-order valence-corrected chi connectivity index (χ0v) is 25.3. The summed E-state index contributed by atoms with van der Waals surface area (Å²) in [5.74, 6) is -0.332. The molecule has 3 aromatic rings. The maximum absolute atomic E-state index is 13.4. The van der Waals surface area contributed by atoms with Crippen LogP contribution in [0, 0.1) is 5.92 Å². The summed E-state index contributed by atoms with van der Waals surface area (Å²) in [5.41, 5.74) is 0.612. The van der Waals surface area contributed by atoms with Crippen LogP contribution in [0.2, 0.25) is 0 Å². The maximum Gasteiger partial charge on any atom is 0.408 e. The van der Waals surface area contributed by atoms with Crippen LogP contribution >= 0.6 is 11.3 Å². The molecule has 228 valence electrons. The molecule has 4 unspecified atom stereocenters. The van der Waals surface area contributed by atoms with E-state index in [9.17, 15) is 19.5 Å². The Morgan fingerprint density at radius 3 is 2.70 bits per heavy atom. The van der Waals surface area contributed by atoms with Crippen LogP contribution < -0.4 is 20.1 Å². The number of hydrogen-bond donors (Lipinski definition) is 3. The van der Waals surface area contributed by atoms with Gasteiger partial charge in [0.25, 0.3) is 0 Å². The summed E-state index contributed by atoms with van der Waals surface area (Å²) in [6.45, 7) is 9.60. The van der Waals surface area contributed by atoms with Gasteiger partial charge < -0.3 is 30.0 Å². The molecule has 0 radical (unpaired) electrons. The fourth-order valence-corrected chi connectivity index (χ4v) is 6.18. The summed E-state index contributed by atoms with van der Waals surface area (Å²) < 4.78 is 17.0. The summed E-state index contributed by atoms with van der Waals surface area (Å²) in [5, 5.41) is 19.4. The van der Waals surface area contributed by atoms with E-state index in [2.05, 4.69) is 22.2 Å². The first-order valence-electron chi connectivity index (χ1n) is 14.1. The molecule has 4 atom stereocenters. The first-order valence-corrected chi connectivity index (χ1v) is 15.0. The van der Waals surface area contributed by atoms with Gasteiger partial charge in [-0.15, -0.1) is 17.9 Å². The van der Waals surface area contributed by atoms with Crippen molar-refractivity contribution < 1.29 is 33.7 Å². The molecule has 0 bridgehead atoms. The number of methoxy groups -OCH3 is 1. The van der Waals surface area contributed by atoms with Crippen LogP contribution in [-0.4, -0.2) is 81.9 Å². The highest BCUT2D eigenvalue weighted by atomic mass is 32.1. The average molecular weight is 610 g/mol. The van der Waals surface area contributed by atoms with E-state index in [1.165, 1.54) is 11.3 Å². The number of benzene rings is 1. The topological polar surface area (TPSA) is 152 Å². The van der Waals surface area contributed by atoms with E-state index < -0.39 is 35.7 Å². The van der Waals surface area contributed by atoms with E-state index in [0.29, 0.717) is 40.2 Å². The third kappa shape index (κ3) is 6.07. The average Bonchev–Trinajstić information content (AvgIpc) is 3.26. The van der Waals surface area contributed by atoms with Crippen molar-refractivity contribution in [1.82, 2.24) is 20.2 Å². The van der Waals surface area contributed by atoms with Crippen LogP contribution in [0.5, 0.6) is 11.5 Å². The first-order chi connectivity index (χ1) is 20.6. The number of carboxylic acid groups (broad SMARTS) is 1. The molecule has 13 heteroatoms. The van der Waals surface area contributed by atoms with Crippen LogP contribution in [0.4, 0.5) is 9.93 Å². The number of nitrogens with one attached hydrogen (secondary N) is 2. The van der Waals surface area contributed by atoms with Gasteiger partial charge in [-0.1, -0.05) is 6.08 Å². The lowest BCUT2D eigenvalue weighted by Crippen LogP contribution is -2.53. The predicted octanol–water partition coefficient (Wildman–Crippen LogP) is 4.31. The Balaban J connectivity index is 1.42. The number of fused-ring (bicyclic) bond motifs is 1. The molecule has 2 amide bonds. The number of anilines is 1. The molecule has 1 saturated carbocycles. The molecular weight excluding hydrogens is 574 g/mol. The summed E-state index contributed by atoms with van der Waals surface area (Å²) in [4.78, 5) is 48.8. The summed E-state index contributed by atoms with van der Waals surface area (Å²) in [7, 11) is 1.57. The fourth-order valence-electron chi connectivity index (χ4n) is 5.32. The highest BCUT2D eigenvalue weighted by Gasteiger charge is 2.62. The zero-order chi connectivity index (χ0) is 30.9. The van der Waals surface area contributed by atoms with Gasteiger partial charge >= 0.3 is 12.1 Å². The minimum Gasteiger partial charge on any atom is -0.497 e. The third-order valence-corrected chi connectivity index (χ3v) is 8.32. The van der Waals surface area contributed by atoms with Crippen LogP contribution in [-0.2, 0) is 14.3 Å². The molecule has 12 nitrogen and oxygen atoms in total. The quantitative estimate of drug-likeness (QED) is 0.212. The Labute approximate surface area is 253 Å². The number of rotatable bonds is 11. The second-order valence-electron chi connectivity index (χ2n) is 10.9. The van der Waals surface area contributed by atoms with Crippen molar-refractivity contribution in [2.24, 2.45) is 5.92 Å². The number of likely N-dealkylation sites (tertiary alicyclic amines) is 1. The van der Waals surface area contributed by atoms with Gasteiger partial charge in [-0.05, 0) is 39.3 Å². The van der Waals surface area contributed by atoms with E-state index in [1.54, 1.807) is 38.3 Å². The molecule has 0 spiro atoms. The van der Waals surface area contributed by atoms with E-state index >= 15 is 0 Å². The van der Waals surface area contributed by atoms with Crippen molar-refractivity contribution >= 4 is 45.3 Å². The van der Waals surface area contributed by atoms with Crippen LogP contribution in [0.1, 0.15) is 33.6 Å². The Kier molecular flexibility index (Phi) is 8.45. The maximum atomic E-state index is 13.4. The number of hydrogen-bond acceptors (Lipinski definition) is 10. The molecule has 3 heterocycles. The van der Waals surface area contributed by atoms with Gasteiger partial charge in [0.15, 0.2) is 5.13 Å². The van der Waals surface area contributed by atoms with Crippen molar-refractivity contribution in [3.63, 3.8) is 0 Å². The highest BCUT2D eigenvalue weighted by molar-refractivity contribution is 7.14. The summed E-state index contributed by atoms with van der Waals surface area (Å²) >= 11 is 1.46. The Hall–Kier alpha value is -4.39. The highest BCUT2D eigenvalue weighted by Crippen LogP contribution is 2.46. The monoisotopic (exact) mass is 609 g/mol. The van der Waals surface area contributed by atoms with Gasteiger partial charge in [-0.25, -0.2) is 19.6 Å². The van der Waals surface area contributed by atoms with E-state index in [1.807, 2.05) is 25.3 Å². The molecule has 1 aliphatic carbocycles. The molecule has 1 saturated heterocycles. The van der Waals surface area contributed by atoms with Crippen molar-refractivity contribution in [1.29, 1.82) is 0 Å². The lowest BCUT2D eigenvalue weighted by atomic mass is 10.1. The Bertz CT molecular complexity index is 1560. The molecule has 1 aromatic carbocycles. The van der Waals surface area contributed by atoms with Gasteiger partial charge in [0, 0.05) is 41.3 Å². The summed E-state index contributed by atoms with van der Waals surface area (Å²) in [6.07, 6.45) is 0.128. The molecular formula is C30H35N5O7S. The molecule has 1 aliphatic heterocycles. The number of esters is 1. The van der Waals surface area contributed by atoms with Gasteiger partial charge in [0.1, 0.15) is 34.9 Å². The largest absolute Gasteiger partial charge is 0.497 e. The summed E-state index contributed by atoms with van der Waals surface area (Å²) in [6, 6.07) is 6.34. The molecule has 5 rings (SSSR count). The minimum atomic E-state index is -1.26. The lowest BCUT2D eigenvalue weighted by molar-refractivity contribution is -0.149. The number of aromatic nitrogens is 2. The Morgan fingerprint density at radius 1 is 1.26 bits per heavy atom. The number of carbonyl (C=O) groups is 3. The van der Waals surface area contributed by atoms with Crippen LogP contribution in [0.25, 0.3) is 22.3 Å². The molecule has 43 heavy (non-hydrogen) atoms. The molecule has 2 fully saturated rings. The zero-order valence-electron chi connectivity index (χ0n) is 24.5. The number of ether oxygens (including phenoxy) is 3. The van der Waals surface area contributed by atoms with Crippen molar-refractivity contribution in [2.45, 2.75) is 57.3 Å². The minimum absolute atomic E-state index is 0.0425. The number of carbonyl (C=O) groups excluding carboxylic acids is 2. The molecule has 2 aromatic heterocycles. The predicted molar refractivity (Wildman–Crippen MR) is 162 cm³/mol. The SMILES string of the molecule is C=CC1CC1(NC(=O)C1CC(Oc2cc(-c3csc(NC(C)C)n3)nc3cc(OC)ccc23)CN1C(=O)O)C(=O)OCC. The third-order valence-electron chi connectivity index (χ3n) is 7.55. The fraction of sp³-hybridized carbons (Fsp3) is 0.433. The van der Waals surface area contributed by atoms with E-state index in [-0.39, 0.29) is 31.5 Å². The first kappa shape index (κ1) is 30.1. The number of amides is 2. The standard InChI is InChI=1S/C30H35N5O7S/c1-6-17-13-30(17,27(37)41-7-2)34-26(36)24-11-19(14-35(24)29(38)39)42-25-12-22(23-15-43-28(33-23)31-16(3)4)32-21-10-18(40-5)8-9-20(21)25/h6,8-10,12,15-17,19,24H,1,7,11,13-14H2,2-5H3,(H,31,33)(H,34,36)(H,38,39). The second kappa shape index (κ2) is 12.1. The molecule has 2 aliphatic rings. The van der Waals surface area contributed by atoms with Crippen LogP contribution in [0.3, 0.4) is 0 Å². The number of nitrogens with zero attached hydrogens (tertiary/aromatic N) is 3. The van der Waals surface area contributed by atoms with Crippen molar-refractivity contribution in [3.05, 3.63) is 42.3 Å². The van der Waals surface area contributed by atoms with E-state index in [4.69, 9.17) is 19.2 Å². The van der Waals surface area contributed by atoms with Gasteiger partial charge in [-0.3, -0.25) is 9.69 Å². The van der Waals surface area contributed by atoms with Crippen molar-refractivity contribution in [3.8, 4) is 22.9 Å². The van der Waals surface area contributed by atoms with E-state index in [0.717, 1.165) is 10.0 Å². The number of thiazole rings is 1. The van der Waals surface area contributed by atoms with Crippen LogP contribution in [0.15, 0.2) is 42.3 Å². The van der Waals surface area contributed by atoms with Crippen molar-refractivity contribution in [2.75, 3.05) is 25.6 Å². The smallest absolute Gasteiger partial charge is 0.408 e. The normalized spacial score (nSPS) is 22.7. The number of pyridine rings is 1. The van der Waals surface area contributed by atoms with Gasteiger partial charge in [0.2, 0.25) is 5.91 Å². The Morgan fingerprint density at radius 2 is 2.05 bits per heavy atom. The lowest BCUT2D eigenvalue weighted by Gasteiger charge is -2.23. The molecule has 3 N–H and O–H groups in total.